The minimum Gasteiger partial charge on any atom is -0.465 e. The number of hydrogen-bond donors (Lipinski definition) is 2. The van der Waals surface area contributed by atoms with Crippen molar-refractivity contribution in [2.24, 2.45) is 10.7 Å². The number of guanidine groups is 1. The monoisotopic (exact) mass is 318 g/mol. The summed E-state index contributed by atoms with van der Waals surface area (Å²) in [5, 5.41) is 3.09. The molecule has 0 bridgehead atoms. The van der Waals surface area contributed by atoms with Crippen molar-refractivity contribution in [3.8, 4) is 0 Å². The van der Waals surface area contributed by atoms with E-state index in [1.165, 1.54) is 33.0 Å². The number of ether oxygens (including phenoxy) is 1. The van der Waals surface area contributed by atoms with E-state index >= 15 is 0 Å². The van der Waals surface area contributed by atoms with Crippen molar-refractivity contribution in [1.29, 1.82) is 0 Å². The SMILES string of the molecule is COC(=O)c1ccc(CNC(N)=NCCCN2CCCC2)cc1. The number of nitrogens with two attached hydrogens (primary N) is 1. The van der Waals surface area contributed by atoms with E-state index < -0.39 is 0 Å². The second kappa shape index (κ2) is 9.15. The van der Waals surface area contributed by atoms with Crippen LogP contribution in [0.4, 0.5) is 0 Å². The molecule has 3 N–H and O–H groups in total. The Morgan fingerprint density at radius 1 is 1.30 bits per heavy atom. The van der Waals surface area contributed by atoms with Gasteiger partial charge < -0.3 is 20.7 Å². The van der Waals surface area contributed by atoms with Crippen LogP contribution in [0.2, 0.25) is 0 Å². The number of rotatable bonds is 7. The second-order valence-electron chi connectivity index (χ2n) is 5.71. The highest BCUT2D eigenvalue weighted by Crippen LogP contribution is 2.07. The fourth-order valence-corrected chi connectivity index (χ4v) is 2.63. The summed E-state index contributed by atoms with van der Waals surface area (Å²) in [6, 6.07) is 7.23. The number of methoxy groups -OCH3 is 1. The molecule has 1 fully saturated rings. The molecule has 1 aliphatic rings. The summed E-state index contributed by atoms with van der Waals surface area (Å²) in [5.41, 5.74) is 7.44. The first kappa shape index (κ1) is 17.3. The summed E-state index contributed by atoms with van der Waals surface area (Å²) in [6.45, 7) is 4.88. The lowest BCUT2D eigenvalue weighted by atomic mass is 10.1. The van der Waals surface area contributed by atoms with Crippen LogP contribution < -0.4 is 11.1 Å². The van der Waals surface area contributed by atoms with Crippen molar-refractivity contribution in [2.75, 3.05) is 33.3 Å². The van der Waals surface area contributed by atoms with E-state index in [1.807, 2.05) is 12.1 Å². The van der Waals surface area contributed by atoms with Gasteiger partial charge in [0.2, 0.25) is 0 Å². The Morgan fingerprint density at radius 2 is 2.00 bits per heavy atom. The van der Waals surface area contributed by atoms with Crippen molar-refractivity contribution >= 4 is 11.9 Å². The van der Waals surface area contributed by atoms with E-state index in [9.17, 15) is 4.79 Å². The predicted octanol–water partition coefficient (Wildman–Crippen LogP) is 1.36. The van der Waals surface area contributed by atoms with E-state index in [-0.39, 0.29) is 5.97 Å². The standard InChI is InChI=1S/C17H26N4O2/c1-23-16(22)15-7-5-14(6-8-15)13-20-17(18)19-9-4-12-21-10-2-3-11-21/h5-8H,2-4,9-13H2,1H3,(H3,18,19,20). The van der Waals surface area contributed by atoms with E-state index in [1.54, 1.807) is 12.1 Å². The Labute approximate surface area is 137 Å². The molecule has 0 unspecified atom stereocenters. The molecule has 0 aromatic heterocycles. The molecule has 0 aliphatic carbocycles. The normalized spacial score (nSPS) is 15.6. The molecule has 1 aliphatic heterocycles. The van der Waals surface area contributed by atoms with Gasteiger partial charge >= 0.3 is 5.97 Å². The van der Waals surface area contributed by atoms with E-state index in [0.29, 0.717) is 18.1 Å². The lowest BCUT2D eigenvalue weighted by Crippen LogP contribution is -2.31. The number of benzene rings is 1. The zero-order valence-corrected chi connectivity index (χ0v) is 13.8. The minimum absolute atomic E-state index is 0.330. The first-order valence-electron chi connectivity index (χ1n) is 8.12. The zero-order chi connectivity index (χ0) is 16.5. The molecule has 6 heteroatoms. The number of carbonyl (C=O) groups is 1. The van der Waals surface area contributed by atoms with Gasteiger partial charge in [0.15, 0.2) is 5.96 Å². The summed E-state index contributed by atoms with van der Waals surface area (Å²) in [7, 11) is 1.37. The Hall–Kier alpha value is -2.08. The van der Waals surface area contributed by atoms with Gasteiger partial charge in [-0.05, 0) is 56.6 Å². The number of nitrogens with zero attached hydrogens (tertiary/aromatic N) is 2. The maximum atomic E-state index is 11.4. The quantitative estimate of drug-likeness (QED) is 0.343. The van der Waals surface area contributed by atoms with Crippen LogP contribution in [0.15, 0.2) is 29.3 Å². The van der Waals surface area contributed by atoms with Crippen LogP contribution in [-0.4, -0.2) is 50.1 Å². The number of esters is 1. The predicted molar refractivity (Wildman–Crippen MR) is 91.4 cm³/mol. The Bertz CT molecular complexity index is 522. The first-order chi connectivity index (χ1) is 11.2. The third-order valence-electron chi connectivity index (χ3n) is 3.96. The van der Waals surface area contributed by atoms with Crippen LogP contribution in [0.1, 0.15) is 35.2 Å². The van der Waals surface area contributed by atoms with Gasteiger partial charge in [-0.15, -0.1) is 0 Å². The van der Waals surface area contributed by atoms with E-state index in [4.69, 9.17) is 5.73 Å². The smallest absolute Gasteiger partial charge is 0.337 e. The Morgan fingerprint density at radius 3 is 2.65 bits per heavy atom. The van der Waals surface area contributed by atoms with Crippen LogP contribution in [0, 0.1) is 0 Å². The van der Waals surface area contributed by atoms with Gasteiger partial charge in [-0.3, -0.25) is 4.99 Å². The fraction of sp³-hybridized carbons (Fsp3) is 0.529. The summed E-state index contributed by atoms with van der Waals surface area (Å²) in [4.78, 5) is 18.2. The average molecular weight is 318 g/mol. The summed E-state index contributed by atoms with van der Waals surface area (Å²) >= 11 is 0. The lowest BCUT2D eigenvalue weighted by Gasteiger charge is -2.13. The van der Waals surface area contributed by atoms with Gasteiger partial charge in [0, 0.05) is 13.1 Å². The van der Waals surface area contributed by atoms with Crippen molar-refractivity contribution in [1.82, 2.24) is 10.2 Å². The molecule has 1 aromatic carbocycles. The average Bonchev–Trinajstić information content (AvgIpc) is 3.10. The second-order valence-corrected chi connectivity index (χ2v) is 5.71. The molecule has 126 valence electrons. The molecule has 0 radical (unpaired) electrons. The van der Waals surface area contributed by atoms with Gasteiger partial charge in [-0.1, -0.05) is 12.1 Å². The van der Waals surface area contributed by atoms with E-state index in [2.05, 4.69) is 19.9 Å². The largest absolute Gasteiger partial charge is 0.465 e. The maximum Gasteiger partial charge on any atom is 0.337 e. The van der Waals surface area contributed by atoms with Crippen LogP contribution in [0.25, 0.3) is 0 Å². The van der Waals surface area contributed by atoms with Gasteiger partial charge in [-0.2, -0.15) is 0 Å². The molecule has 1 heterocycles. The Balaban J connectivity index is 1.67. The molecule has 2 rings (SSSR count). The van der Waals surface area contributed by atoms with Crippen LogP contribution in [0.3, 0.4) is 0 Å². The van der Waals surface area contributed by atoms with Crippen molar-refractivity contribution in [2.45, 2.75) is 25.8 Å². The van der Waals surface area contributed by atoms with Crippen LogP contribution in [0.5, 0.6) is 0 Å². The first-order valence-corrected chi connectivity index (χ1v) is 8.12. The molecule has 0 atom stereocenters. The minimum atomic E-state index is -0.330. The topological polar surface area (TPSA) is 79.9 Å². The number of hydrogen-bond acceptors (Lipinski definition) is 4. The molecule has 0 amide bonds. The maximum absolute atomic E-state index is 11.4. The highest BCUT2D eigenvalue weighted by atomic mass is 16.5. The molecule has 23 heavy (non-hydrogen) atoms. The molecule has 0 spiro atoms. The van der Waals surface area contributed by atoms with Crippen LogP contribution in [-0.2, 0) is 11.3 Å². The van der Waals surface area contributed by atoms with Gasteiger partial charge in [0.25, 0.3) is 0 Å². The van der Waals surface area contributed by atoms with Gasteiger partial charge in [0.05, 0.1) is 12.7 Å². The molecule has 1 saturated heterocycles. The lowest BCUT2D eigenvalue weighted by molar-refractivity contribution is 0.0600. The van der Waals surface area contributed by atoms with Gasteiger partial charge in [0.1, 0.15) is 0 Å². The van der Waals surface area contributed by atoms with E-state index in [0.717, 1.165) is 25.1 Å². The third-order valence-corrected chi connectivity index (χ3v) is 3.96. The van der Waals surface area contributed by atoms with Crippen molar-refractivity contribution < 1.29 is 9.53 Å². The summed E-state index contributed by atoms with van der Waals surface area (Å²) < 4.78 is 4.67. The zero-order valence-electron chi connectivity index (χ0n) is 13.8. The van der Waals surface area contributed by atoms with Gasteiger partial charge in [-0.25, -0.2) is 4.79 Å². The number of nitrogens with one attached hydrogen (secondary N) is 1. The van der Waals surface area contributed by atoms with Crippen molar-refractivity contribution in [3.05, 3.63) is 35.4 Å². The molecule has 0 saturated carbocycles. The number of aliphatic imine (C=N–C) groups is 1. The molecule has 1 aromatic rings. The Kier molecular flexibility index (Phi) is 6.87. The number of likely N-dealkylation sites (tertiary alicyclic amines) is 1. The summed E-state index contributed by atoms with van der Waals surface area (Å²) in [5.74, 6) is 0.132. The van der Waals surface area contributed by atoms with Crippen molar-refractivity contribution in [3.63, 3.8) is 0 Å². The highest BCUT2D eigenvalue weighted by Gasteiger charge is 2.09. The fourth-order valence-electron chi connectivity index (χ4n) is 2.63. The molecular weight excluding hydrogens is 292 g/mol. The highest BCUT2D eigenvalue weighted by molar-refractivity contribution is 5.89. The number of carbonyl (C=O) groups excluding carboxylic acids is 1. The van der Waals surface area contributed by atoms with Crippen LogP contribution >= 0.6 is 0 Å². The summed E-state index contributed by atoms with van der Waals surface area (Å²) in [6.07, 6.45) is 3.68. The molecule has 6 nitrogen and oxygen atoms in total. The molecular formula is C17H26N4O2. The third kappa shape index (κ3) is 5.90.